The summed E-state index contributed by atoms with van der Waals surface area (Å²) in [5.41, 5.74) is 7.74. The van der Waals surface area contributed by atoms with Crippen molar-refractivity contribution in [2.45, 2.75) is 26.3 Å². The van der Waals surface area contributed by atoms with E-state index in [-0.39, 0.29) is 17.9 Å². The van der Waals surface area contributed by atoms with Crippen LogP contribution in [0.4, 0.5) is 5.95 Å². The molecule has 1 amide bonds. The van der Waals surface area contributed by atoms with Crippen LogP contribution < -0.4 is 11.1 Å². The summed E-state index contributed by atoms with van der Waals surface area (Å²) in [5, 5.41) is 7.20. The number of amides is 1. The van der Waals surface area contributed by atoms with E-state index in [1.807, 2.05) is 25.2 Å². The summed E-state index contributed by atoms with van der Waals surface area (Å²) in [6, 6.07) is 7.11. The van der Waals surface area contributed by atoms with E-state index in [1.54, 1.807) is 23.1 Å². The van der Waals surface area contributed by atoms with Gasteiger partial charge in [-0.15, -0.1) is 0 Å². The van der Waals surface area contributed by atoms with Crippen LogP contribution in [0.1, 0.15) is 42.5 Å². The molecule has 8 nitrogen and oxygen atoms in total. The maximum Gasteiger partial charge on any atom is 0.251 e. The summed E-state index contributed by atoms with van der Waals surface area (Å²) >= 11 is 0. The fraction of sp³-hybridized carbons (Fsp3) is 0.316. The Balaban J connectivity index is 1.83. The monoisotopic (exact) mass is 365 g/mol. The number of rotatable bonds is 6. The second kappa shape index (κ2) is 7.94. The van der Waals surface area contributed by atoms with Gasteiger partial charge in [-0.1, -0.05) is 26.0 Å². The SMILES string of the molecule is CC(C)C[C@H](NC(=O)c1cccc(-c2cnc(N)nc2)c1)c1ncnn1C. The van der Waals surface area contributed by atoms with Gasteiger partial charge >= 0.3 is 0 Å². The molecule has 0 fully saturated rings. The standard InChI is InChI=1S/C19H23N7O/c1-12(2)7-16(17-23-11-24-26(17)3)25-18(27)14-6-4-5-13(8-14)15-9-21-19(20)22-10-15/h4-6,8-12,16H,7H2,1-3H3,(H,25,27)(H2,20,21,22)/t16-/m0/s1. The molecule has 0 saturated carbocycles. The number of carbonyl (C=O) groups is 1. The molecule has 140 valence electrons. The molecule has 8 heteroatoms. The highest BCUT2D eigenvalue weighted by molar-refractivity contribution is 5.95. The van der Waals surface area contributed by atoms with Crippen molar-refractivity contribution in [3.8, 4) is 11.1 Å². The third-order valence-electron chi connectivity index (χ3n) is 4.20. The van der Waals surface area contributed by atoms with Gasteiger partial charge in [0.15, 0.2) is 0 Å². The van der Waals surface area contributed by atoms with Gasteiger partial charge in [0, 0.05) is 30.6 Å². The van der Waals surface area contributed by atoms with Gasteiger partial charge in [0.2, 0.25) is 5.95 Å². The average molecular weight is 365 g/mol. The first-order valence-electron chi connectivity index (χ1n) is 8.76. The zero-order valence-electron chi connectivity index (χ0n) is 15.6. The zero-order chi connectivity index (χ0) is 19.4. The second-order valence-electron chi connectivity index (χ2n) is 6.81. The lowest BCUT2D eigenvalue weighted by Crippen LogP contribution is -2.31. The molecular weight excluding hydrogens is 342 g/mol. The maximum atomic E-state index is 12.9. The van der Waals surface area contributed by atoms with Crippen LogP contribution in [0.25, 0.3) is 11.1 Å². The number of nitrogens with two attached hydrogens (primary N) is 1. The van der Waals surface area contributed by atoms with E-state index in [4.69, 9.17) is 5.73 Å². The summed E-state index contributed by atoms with van der Waals surface area (Å²) in [6.45, 7) is 4.22. The third kappa shape index (κ3) is 4.46. The second-order valence-corrected chi connectivity index (χ2v) is 6.81. The van der Waals surface area contributed by atoms with E-state index >= 15 is 0 Å². The number of nitrogen functional groups attached to an aromatic ring is 1. The van der Waals surface area contributed by atoms with Crippen LogP contribution in [0.2, 0.25) is 0 Å². The third-order valence-corrected chi connectivity index (χ3v) is 4.20. The number of aromatic nitrogens is 5. The maximum absolute atomic E-state index is 12.9. The van der Waals surface area contributed by atoms with Crippen LogP contribution in [0.5, 0.6) is 0 Å². The Morgan fingerprint density at radius 3 is 2.56 bits per heavy atom. The van der Waals surface area contributed by atoms with Crippen molar-refractivity contribution in [3.63, 3.8) is 0 Å². The lowest BCUT2D eigenvalue weighted by atomic mass is 10.0. The smallest absolute Gasteiger partial charge is 0.251 e. The lowest BCUT2D eigenvalue weighted by Gasteiger charge is -2.20. The fourth-order valence-corrected chi connectivity index (χ4v) is 2.89. The zero-order valence-corrected chi connectivity index (χ0v) is 15.6. The van der Waals surface area contributed by atoms with E-state index < -0.39 is 0 Å². The molecule has 1 aromatic carbocycles. The highest BCUT2D eigenvalue weighted by Gasteiger charge is 2.21. The van der Waals surface area contributed by atoms with Crippen molar-refractivity contribution in [1.29, 1.82) is 0 Å². The van der Waals surface area contributed by atoms with Gasteiger partial charge in [0.1, 0.15) is 12.2 Å². The molecule has 2 heterocycles. The summed E-state index contributed by atoms with van der Waals surface area (Å²) in [5.74, 6) is 1.18. The van der Waals surface area contributed by atoms with Gasteiger partial charge in [0.25, 0.3) is 5.91 Å². The van der Waals surface area contributed by atoms with Crippen molar-refractivity contribution < 1.29 is 4.79 Å². The number of hydrogen-bond donors (Lipinski definition) is 2. The fourth-order valence-electron chi connectivity index (χ4n) is 2.89. The molecule has 0 radical (unpaired) electrons. The Labute approximate surface area is 157 Å². The molecule has 1 atom stereocenters. The highest BCUT2D eigenvalue weighted by Crippen LogP contribution is 2.22. The van der Waals surface area contributed by atoms with Gasteiger partial charge in [0.05, 0.1) is 6.04 Å². The summed E-state index contributed by atoms with van der Waals surface area (Å²) in [4.78, 5) is 25.2. The first-order chi connectivity index (χ1) is 12.9. The summed E-state index contributed by atoms with van der Waals surface area (Å²) in [7, 11) is 1.82. The molecule has 3 rings (SSSR count). The molecular formula is C19H23N7O. The van der Waals surface area contributed by atoms with Crippen LogP contribution in [0.15, 0.2) is 43.0 Å². The van der Waals surface area contributed by atoms with Crippen molar-refractivity contribution in [2.24, 2.45) is 13.0 Å². The molecule has 0 saturated heterocycles. The molecule has 2 aromatic heterocycles. The lowest BCUT2D eigenvalue weighted by molar-refractivity contribution is 0.0929. The van der Waals surface area contributed by atoms with E-state index in [0.29, 0.717) is 11.5 Å². The van der Waals surface area contributed by atoms with Crippen LogP contribution >= 0.6 is 0 Å². The summed E-state index contributed by atoms with van der Waals surface area (Å²) in [6.07, 6.45) is 5.54. The molecule has 0 aliphatic carbocycles. The topological polar surface area (TPSA) is 112 Å². The number of benzene rings is 1. The van der Waals surface area contributed by atoms with E-state index in [2.05, 4.69) is 39.2 Å². The van der Waals surface area contributed by atoms with Crippen molar-refractivity contribution in [3.05, 3.63) is 54.4 Å². The van der Waals surface area contributed by atoms with Gasteiger partial charge in [-0.25, -0.2) is 15.0 Å². The first-order valence-corrected chi connectivity index (χ1v) is 8.76. The summed E-state index contributed by atoms with van der Waals surface area (Å²) < 4.78 is 1.69. The van der Waals surface area contributed by atoms with Crippen molar-refractivity contribution in [2.75, 3.05) is 5.73 Å². The first kappa shape index (κ1) is 18.5. The van der Waals surface area contributed by atoms with Crippen molar-refractivity contribution >= 4 is 11.9 Å². The molecule has 0 bridgehead atoms. The van der Waals surface area contributed by atoms with Gasteiger partial charge < -0.3 is 11.1 Å². The minimum atomic E-state index is -0.214. The van der Waals surface area contributed by atoms with Crippen LogP contribution in [-0.4, -0.2) is 30.6 Å². The Hall–Kier alpha value is -3.29. The number of hydrogen-bond acceptors (Lipinski definition) is 6. The van der Waals surface area contributed by atoms with Crippen molar-refractivity contribution in [1.82, 2.24) is 30.0 Å². The minimum absolute atomic E-state index is 0.165. The molecule has 0 aliphatic heterocycles. The molecule has 0 aliphatic rings. The number of nitrogens with zero attached hydrogens (tertiary/aromatic N) is 5. The predicted octanol–water partition coefficient (Wildman–Crippen LogP) is 2.37. The van der Waals surface area contributed by atoms with Crippen LogP contribution in [-0.2, 0) is 7.05 Å². The molecule has 3 aromatic rings. The van der Waals surface area contributed by atoms with E-state index in [0.717, 1.165) is 23.4 Å². The Kier molecular flexibility index (Phi) is 5.44. The van der Waals surface area contributed by atoms with Crippen LogP contribution in [0, 0.1) is 5.92 Å². The normalized spacial score (nSPS) is 12.1. The molecule has 27 heavy (non-hydrogen) atoms. The number of aryl methyl sites for hydroxylation is 1. The predicted molar refractivity (Wildman–Crippen MR) is 103 cm³/mol. The largest absolute Gasteiger partial charge is 0.368 e. The Bertz CT molecular complexity index is 918. The minimum Gasteiger partial charge on any atom is -0.368 e. The quantitative estimate of drug-likeness (QED) is 0.694. The number of nitrogens with one attached hydrogen (secondary N) is 1. The number of anilines is 1. The highest BCUT2D eigenvalue weighted by atomic mass is 16.1. The van der Waals surface area contributed by atoms with Gasteiger partial charge in [-0.2, -0.15) is 5.10 Å². The Morgan fingerprint density at radius 1 is 1.19 bits per heavy atom. The van der Waals surface area contributed by atoms with Gasteiger partial charge in [-0.3, -0.25) is 9.48 Å². The van der Waals surface area contributed by atoms with Crippen LogP contribution in [0.3, 0.4) is 0 Å². The average Bonchev–Trinajstić information content (AvgIpc) is 3.07. The number of carbonyl (C=O) groups excluding carboxylic acids is 1. The van der Waals surface area contributed by atoms with E-state index in [9.17, 15) is 4.79 Å². The Morgan fingerprint density at radius 2 is 1.93 bits per heavy atom. The molecule has 3 N–H and O–H groups in total. The molecule has 0 spiro atoms. The van der Waals surface area contributed by atoms with E-state index in [1.165, 1.54) is 6.33 Å². The molecule has 0 unspecified atom stereocenters. The van der Waals surface area contributed by atoms with Gasteiger partial charge in [-0.05, 0) is 30.0 Å².